The molecule has 1 saturated heterocycles. The molecule has 0 bridgehead atoms. The molecular weight excluding hydrogens is 336 g/mol. The number of aryl methyl sites for hydroxylation is 2. The van der Waals surface area contributed by atoms with Gasteiger partial charge in [-0.2, -0.15) is 0 Å². The summed E-state index contributed by atoms with van der Waals surface area (Å²) in [5.74, 6) is 0.230. The number of hydrogen-bond acceptors (Lipinski definition) is 3. The van der Waals surface area contributed by atoms with Crippen LogP contribution < -0.4 is 5.32 Å². The van der Waals surface area contributed by atoms with Gasteiger partial charge in [-0.1, -0.05) is 6.92 Å². The van der Waals surface area contributed by atoms with Crippen LogP contribution in [0.25, 0.3) is 11.0 Å². The standard InChI is InChI=1S/C20H26N2O2.ClH/c1-2-8-22(17-6-7-21-12-17)20(23)11-16-13-24-19-10-15-5-3-4-14(15)9-18(16)19;/h9-10,13,17,21H,2-8,11-12H2,1H3;1H. The largest absolute Gasteiger partial charge is 0.464 e. The lowest BCUT2D eigenvalue weighted by molar-refractivity contribution is -0.132. The Morgan fingerprint density at radius 2 is 2.12 bits per heavy atom. The maximum absolute atomic E-state index is 12.9. The smallest absolute Gasteiger partial charge is 0.227 e. The van der Waals surface area contributed by atoms with Crippen molar-refractivity contribution < 1.29 is 9.21 Å². The summed E-state index contributed by atoms with van der Waals surface area (Å²) in [7, 11) is 0. The van der Waals surface area contributed by atoms with Gasteiger partial charge in [0.25, 0.3) is 0 Å². The van der Waals surface area contributed by atoms with Gasteiger partial charge in [-0.05, 0) is 61.9 Å². The van der Waals surface area contributed by atoms with Gasteiger partial charge in [0.15, 0.2) is 0 Å². The highest BCUT2D eigenvalue weighted by Gasteiger charge is 2.26. The zero-order valence-electron chi connectivity index (χ0n) is 14.8. The quantitative estimate of drug-likeness (QED) is 0.885. The second kappa shape index (κ2) is 7.79. The number of halogens is 1. The molecule has 0 saturated carbocycles. The first-order valence-corrected chi connectivity index (χ1v) is 9.28. The van der Waals surface area contributed by atoms with Crippen molar-refractivity contribution in [3.8, 4) is 0 Å². The van der Waals surface area contributed by atoms with Crippen molar-refractivity contribution in [3.05, 3.63) is 35.1 Å². The number of nitrogens with one attached hydrogen (secondary N) is 1. The first-order valence-electron chi connectivity index (χ1n) is 9.28. The van der Waals surface area contributed by atoms with Crippen molar-refractivity contribution in [1.82, 2.24) is 10.2 Å². The van der Waals surface area contributed by atoms with E-state index in [1.54, 1.807) is 6.26 Å². The van der Waals surface area contributed by atoms with E-state index in [4.69, 9.17) is 4.42 Å². The molecule has 1 aromatic carbocycles. The Labute approximate surface area is 155 Å². The second-order valence-corrected chi connectivity index (χ2v) is 7.14. The highest BCUT2D eigenvalue weighted by molar-refractivity contribution is 5.89. The minimum Gasteiger partial charge on any atom is -0.464 e. The van der Waals surface area contributed by atoms with E-state index >= 15 is 0 Å². The minimum atomic E-state index is 0. The third kappa shape index (κ3) is 3.56. The van der Waals surface area contributed by atoms with Gasteiger partial charge < -0.3 is 14.6 Å². The van der Waals surface area contributed by atoms with Gasteiger partial charge in [-0.25, -0.2) is 0 Å². The lowest BCUT2D eigenvalue weighted by Crippen LogP contribution is -2.42. The molecule has 4 rings (SSSR count). The maximum Gasteiger partial charge on any atom is 0.227 e. The molecule has 1 aliphatic heterocycles. The van der Waals surface area contributed by atoms with E-state index in [1.807, 2.05) is 0 Å². The number of amides is 1. The Morgan fingerprint density at radius 1 is 1.32 bits per heavy atom. The molecule has 1 N–H and O–H groups in total. The summed E-state index contributed by atoms with van der Waals surface area (Å²) in [5.41, 5.74) is 4.82. The van der Waals surface area contributed by atoms with E-state index in [0.717, 1.165) is 61.9 Å². The summed E-state index contributed by atoms with van der Waals surface area (Å²) in [5, 5.41) is 4.50. The highest BCUT2D eigenvalue weighted by Crippen LogP contribution is 2.30. The molecule has 0 radical (unpaired) electrons. The van der Waals surface area contributed by atoms with E-state index in [9.17, 15) is 4.79 Å². The Morgan fingerprint density at radius 3 is 2.84 bits per heavy atom. The Balaban J connectivity index is 0.00000182. The maximum atomic E-state index is 12.9. The Kier molecular flexibility index (Phi) is 5.70. The van der Waals surface area contributed by atoms with Crippen LogP contribution in [0.15, 0.2) is 22.8 Å². The summed E-state index contributed by atoms with van der Waals surface area (Å²) >= 11 is 0. The van der Waals surface area contributed by atoms with Crippen molar-refractivity contribution >= 4 is 29.3 Å². The van der Waals surface area contributed by atoms with Crippen LogP contribution in [-0.4, -0.2) is 36.5 Å². The van der Waals surface area contributed by atoms with Gasteiger partial charge in [0.05, 0.1) is 12.7 Å². The summed E-state index contributed by atoms with van der Waals surface area (Å²) in [4.78, 5) is 15.0. The fourth-order valence-corrected chi connectivity index (χ4v) is 4.21. The van der Waals surface area contributed by atoms with Crippen LogP contribution in [0.2, 0.25) is 0 Å². The van der Waals surface area contributed by atoms with Gasteiger partial charge in [0.1, 0.15) is 5.58 Å². The fourth-order valence-electron chi connectivity index (χ4n) is 4.21. The molecule has 1 amide bonds. The summed E-state index contributed by atoms with van der Waals surface area (Å²) < 4.78 is 5.76. The van der Waals surface area contributed by atoms with E-state index < -0.39 is 0 Å². The van der Waals surface area contributed by atoms with Gasteiger partial charge in [0, 0.05) is 30.1 Å². The molecule has 2 heterocycles. The predicted molar refractivity (Wildman–Crippen MR) is 102 cm³/mol. The second-order valence-electron chi connectivity index (χ2n) is 7.14. The number of hydrogen-bond donors (Lipinski definition) is 1. The van der Waals surface area contributed by atoms with Gasteiger partial charge in [-0.3, -0.25) is 4.79 Å². The summed E-state index contributed by atoms with van der Waals surface area (Å²) in [6.45, 7) is 4.92. The van der Waals surface area contributed by atoms with Crippen molar-refractivity contribution in [2.24, 2.45) is 0 Å². The number of benzene rings is 1. The number of carbonyl (C=O) groups excluding carboxylic acids is 1. The summed E-state index contributed by atoms with van der Waals surface area (Å²) in [6, 6.07) is 4.78. The molecule has 136 valence electrons. The van der Waals surface area contributed by atoms with Crippen LogP contribution in [-0.2, 0) is 24.1 Å². The molecule has 1 unspecified atom stereocenters. The topological polar surface area (TPSA) is 45.5 Å². The molecule has 25 heavy (non-hydrogen) atoms. The first-order chi connectivity index (χ1) is 11.8. The number of fused-ring (bicyclic) bond motifs is 2. The van der Waals surface area contributed by atoms with Crippen molar-refractivity contribution in [2.75, 3.05) is 19.6 Å². The van der Waals surface area contributed by atoms with Gasteiger partial charge in [0.2, 0.25) is 5.91 Å². The van der Waals surface area contributed by atoms with Gasteiger partial charge in [-0.15, -0.1) is 12.4 Å². The number of rotatable bonds is 5. The van der Waals surface area contributed by atoms with Crippen LogP contribution in [0.3, 0.4) is 0 Å². The van der Waals surface area contributed by atoms with Gasteiger partial charge >= 0.3 is 0 Å². The van der Waals surface area contributed by atoms with E-state index in [0.29, 0.717) is 12.5 Å². The number of furan rings is 1. The van der Waals surface area contributed by atoms with Crippen LogP contribution in [0.5, 0.6) is 0 Å². The fraction of sp³-hybridized carbons (Fsp3) is 0.550. The minimum absolute atomic E-state index is 0. The summed E-state index contributed by atoms with van der Waals surface area (Å²) in [6.07, 6.45) is 7.83. The van der Waals surface area contributed by atoms with Crippen LogP contribution in [0.4, 0.5) is 0 Å². The molecule has 1 aliphatic carbocycles. The predicted octanol–water partition coefficient (Wildman–Crippen LogP) is 3.49. The molecular formula is C20H27ClN2O2. The van der Waals surface area contributed by atoms with E-state index in [1.165, 1.54) is 17.5 Å². The Bertz CT molecular complexity index is 749. The zero-order valence-corrected chi connectivity index (χ0v) is 15.7. The third-order valence-electron chi connectivity index (χ3n) is 5.47. The third-order valence-corrected chi connectivity index (χ3v) is 5.47. The average molecular weight is 363 g/mol. The monoisotopic (exact) mass is 362 g/mol. The van der Waals surface area contributed by atoms with E-state index in [-0.39, 0.29) is 18.3 Å². The SMILES string of the molecule is CCCN(C(=O)Cc1coc2cc3c(cc12)CCC3)C1CCNC1.Cl. The molecule has 5 heteroatoms. The van der Waals surface area contributed by atoms with Crippen molar-refractivity contribution in [1.29, 1.82) is 0 Å². The van der Waals surface area contributed by atoms with Crippen LogP contribution >= 0.6 is 12.4 Å². The van der Waals surface area contributed by atoms with Crippen molar-refractivity contribution in [2.45, 2.75) is 51.5 Å². The Hall–Kier alpha value is -1.52. The molecule has 4 nitrogen and oxygen atoms in total. The van der Waals surface area contributed by atoms with E-state index in [2.05, 4.69) is 29.3 Å². The molecule has 0 spiro atoms. The molecule has 2 aliphatic rings. The lowest BCUT2D eigenvalue weighted by atomic mass is 10.0. The lowest BCUT2D eigenvalue weighted by Gasteiger charge is -2.28. The zero-order chi connectivity index (χ0) is 16.5. The normalized spacial score (nSPS) is 19.0. The number of carbonyl (C=O) groups is 1. The molecule has 1 atom stereocenters. The highest BCUT2D eigenvalue weighted by atomic mass is 35.5. The molecule has 2 aromatic rings. The number of nitrogens with zero attached hydrogens (tertiary/aromatic N) is 1. The molecule has 1 aromatic heterocycles. The van der Waals surface area contributed by atoms with Crippen LogP contribution in [0.1, 0.15) is 42.9 Å². The average Bonchev–Trinajstić information content (AvgIpc) is 3.31. The molecule has 1 fully saturated rings. The van der Waals surface area contributed by atoms with Crippen LogP contribution in [0, 0.1) is 0 Å². The first kappa shape index (κ1) is 18.3. The van der Waals surface area contributed by atoms with Crippen molar-refractivity contribution in [3.63, 3.8) is 0 Å².